The summed E-state index contributed by atoms with van der Waals surface area (Å²) in [7, 11) is 0. The molecule has 1 aliphatic heterocycles. The highest BCUT2D eigenvalue weighted by Gasteiger charge is 2.37. The minimum absolute atomic E-state index is 0.0124. The molecule has 1 saturated heterocycles. The second-order valence-corrected chi connectivity index (χ2v) is 4.07. The number of carbonyl (C=O) groups excluding carboxylic acids is 1. The second-order valence-electron chi connectivity index (χ2n) is 3.64. The van der Waals surface area contributed by atoms with E-state index in [0.717, 1.165) is 6.07 Å². The maximum atomic E-state index is 12.8. The average Bonchev–Trinajstić information content (AvgIpc) is 2.63. The second kappa shape index (κ2) is 4.10. The highest BCUT2D eigenvalue weighted by Crippen LogP contribution is 2.36. The fraction of sp³-hybridized carbons (Fsp3) is 0.300. The molecule has 0 saturated carbocycles. The van der Waals surface area contributed by atoms with E-state index in [1.165, 1.54) is 12.1 Å². The molecule has 2 amide bonds. The van der Waals surface area contributed by atoms with E-state index in [4.69, 9.17) is 11.6 Å². The first-order valence-electron chi connectivity index (χ1n) is 4.79. The highest BCUT2D eigenvalue weighted by molar-refractivity contribution is 6.30. The molecule has 1 heterocycles. The third-order valence-corrected chi connectivity index (χ3v) is 2.70. The van der Waals surface area contributed by atoms with Crippen molar-refractivity contribution in [3.05, 3.63) is 34.3 Å². The molecule has 0 unspecified atom stereocenters. The van der Waals surface area contributed by atoms with E-state index in [2.05, 4.69) is 10.6 Å². The Bertz CT molecular complexity index is 461. The van der Waals surface area contributed by atoms with E-state index >= 15 is 0 Å². The number of urea groups is 1. The first-order chi connectivity index (χ1) is 7.88. The molecule has 3 nitrogen and oxygen atoms in total. The van der Waals surface area contributed by atoms with E-state index in [1.807, 2.05) is 0 Å². The first kappa shape index (κ1) is 12.0. The van der Waals surface area contributed by atoms with Gasteiger partial charge in [0.1, 0.15) is 0 Å². The number of amides is 2. The number of nitrogens with one attached hydrogen (secondary N) is 2. The quantitative estimate of drug-likeness (QED) is 0.804. The Morgan fingerprint density at radius 3 is 2.59 bits per heavy atom. The number of benzene rings is 1. The van der Waals surface area contributed by atoms with Crippen LogP contribution in [0.15, 0.2) is 18.2 Å². The Labute approximate surface area is 99.9 Å². The van der Waals surface area contributed by atoms with Gasteiger partial charge in [0.05, 0.1) is 11.6 Å². The summed E-state index contributed by atoms with van der Waals surface area (Å²) in [6.07, 6.45) is -4.49. The molecule has 1 aromatic carbocycles. The summed E-state index contributed by atoms with van der Waals surface area (Å²) in [5.41, 5.74) is -0.806. The molecule has 7 heteroatoms. The topological polar surface area (TPSA) is 41.1 Å². The summed E-state index contributed by atoms with van der Waals surface area (Å²) in [6.45, 7) is 0.129. The number of hydrogen-bond donors (Lipinski definition) is 2. The van der Waals surface area contributed by atoms with Gasteiger partial charge in [-0.2, -0.15) is 13.2 Å². The molecule has 1 aliphatic rings. The lowest BCUT2D eigenvalue weighted by Crippen LogP contribution is -2.23. The van der Waals surface area contributed by atoms with E-state index in [9.17, 15) is 18.0 Å². The van der Waals surface area contributed by atoms with Gasteiger partial charge in [-0.25, -0.2) is 4.79 Å². The smallest absolute Gasteiger partial charge is 0.336 e. The summed E-state index contributed by atoms with van der Waals surface area (Å²) in [6, 6.07) is 2.36. The van der Waals surface area contributed by atoms with Crippen LogP contribution in [0.25, 0.3) is 0 Å². The van der Waals surface area contributed by atoms with Crippen LogP contribution in [0, 0.1) is 0 Å². The number of rotatable bonds is 1. The average molecular weight is 265 g/mol. The Morgan fingerprint density at radius 2 is 2.06 bits per heavy atom. The molecule has 2 rings (SSSR count). The summed E-state index contributed by atoms with van der Waals surface area (Å²) in [5.74, 6) is 0. The Hall–Kier alpha value is -1.43. The largest absolute Gasteiger partial charge is 0.416 e. The Balaban J connectivity index is 2.43. The fourth-order valence-corrected chi connectivity index (χ4v) is 1.89. The third-order valence-electron chi connectivity index (χ3n) is 2.47. The van der Waals surface area contributed by atoms with Gasteiger partial charge >= 0.3 is 12.2 Å². The van der Waals surface area contributed by atoms with E-state index in [-0.39, 0.29) is 17.1 Å². The van der Waals surface area contributed by atoms with Crippen molar-refractivity contribution < 1.29 is 18.0 Å². The van der Waals surface area contributed by atoms with Crippen molar-refractivity contribution in [1.82, 2.24) is 10.6 Å². The van der Waals surface area contributed by atoms with E-state index in [0.29, 0.717) is 0 Å². The van der Waals surface area contributed by atoms with Crippen LogP contribution in [0.5, 0.6) is 0 Å². The lowest BCUT2D eigenvalue weighted by atomic mass is 10.0. The van der Waals surface area contributed by atoms with E-state index < -0.39 is 23.8 Å². The Kier molecular flexibility index (Phi) is 2.91. The van der Waals surface area contributed by atoms with Crippen LogP contribution in [0.1, 0.15) is 17.2 Å². The van der Waals surface area contributed by atoms with Crippen LogP contribution >= 0.6 is 11.6 Å². The molecular formula is C10H8ClF3N2O. The Morgan fingerprint density at radius 1 is 1.35 bits per heavy atom. The normalized spacial score (nSPS) is 20.0. The standard InChI is InChI=1S/C10H8ClF3N2O/c11-5-1-2-6(7(3-5)10(12,13)14)8-4-15-9(17)16-8/h1-3,8H,4H2,(H2,15,16,17)/t8-/m0/s1. The third kappa shape index (κ3) is 2.46. The zero-order valence-electron chi connectivity index (χ0n) is 8.44. The van der Waals surface area contributed by atoms with Crippen molar-refractivity contribution in [2.75, 3.05) is 6.54 Å². The van der Waals surface area contributed by atoms with Crippen LogP contribution < -0.4 is 10.6 Å². The molecule has 0 aliphatic carbocycles. The monoisotopic (exact) mass is 264 g/mol. The summed E-state index contributed by atoms with van der Waals surface area (Å²) < 4.78 is 38.4. The van der Waals surface area contributed by atoms with Crippen LogP contribution in [0.2, 0.25) is 5.02 Å². The van der Waals surface area contributed by atoms with Gasteiger partial charge in [0.2, 0.25) is 0 Å². The predicted octanol–water partition coefficient (Wildman–Crippen LogP) is 2.71. The summed E-state index contributed by atoms with van der Waals surface area (Å²) in [4.78, 5) is 10.9. The minimum Gasteiger partial charge on any atom is -0.336 e. The van der Waals surface area contributed by atoms with Gasteiger partial charge in [0.15, 0.2) is 0 Å². The van der Waals surface area contributed by atoms with Crippen LogP contribution in [-0.4, -0.2) is 12.6 Å². The van der Waals surface area contributed by atoms with Crippen molar-refractivity contribution in [2.24, 2.45) is 0 Å². The maximum absolute atomic E-state index is 12.8. The molecule has 1 aromatic rings. The van der Waals surface area contributed by atoms with E-state index in [1.54, 1.807) is 0 Å². The summed E-state index contributed by atoms with van der Waals surface area (Å²) >= 11 is 5.56. The van der Waals surface area contributed by atoms with Gasteiger partial charge in [-0.15, -0.1) is 0 Å². The van der Waals surface area contributed by atoms with Crippen molar-refractivity contribution in [2.45, 2.75) is 12.2 Å². The molecule has 1 atom stereocenters. The molecule has 2 N–H and O–H groups in total. The van der Waals surface area contributed by atoms with Gasteiger partial charge < -0.3 is 10.6 Å². The zero-order chi connectivity index (χ0) is 12.6. The molecule has 0 bridgehead atoms. The van der Waals surface area contributed by atoms with Crippen molar-refractivity contribution >= 4 is 17.6 Å². The lowest BCUT2D eigenvalue weighted by Gasteiger charge is -2.17. The van der Waals surface area contributed by atoms with Crippen LogP contribution in [-0.2, 0) is 6.18 Å². The zero-order valence-corrected chi connectivity index (χ0v) is 9.19. The molecule has 17 heavy (non-hydrogen) atoms. The SMILES string of the molecule is O=C1NC[C@@H](c2ccc(Cl)cc2C(F)(F)F)N1. The highest BCUT2D eigenvalue weighted by atomic mass is 35.5. The van der Waals surface area contributed by atoms with Gasteiger partial charge in [-0.3, -0.25) is 0 Å². The molecule has 0 spiro atoms. The molecule has 0 aromatic heterocycles. The number of carbonyl (C=O) groups is 1. The molecule has 0 radical (unpaired) electrons. The van der Waals surface area contributed by atoms with Gasteiger partial charge in [-0.05, 0) is 17.7 Å². The lowest BCUT2D eigenvalue weighted by molar-refractivity contribution is -0.138. The predicted molar refractivity (Wildman–Crippen MR) is 55.7 cm³/mol. The first-order valence-corrected chi connectivity index (χ1v) is 5.17. The van der Waals surface area contributed by atoms with Crippen molar-refractivity contribution in [1.29, 1.82) is 0 Å². The minimum atomic E-state index is -4.49. The van der Waals surface area contributed by atoms with Crippen LogP contribution in [0.4, 0.5) is 18.0 Å². The summed E-state index contributed by atoms with van der Waals surface area (Å²) in [5, 5.41) is 4.83. The number of alkyl halides is 3. The van der Waals surface area contributed by atoms with Gasteiger partial charge in [-0.1, -0.05) is 17.7 Å². The fourth-order valence-electron chi connectivity index (χ4n) is 1.72. The molecule has 1 fully saturated rings. The molecule has 92 valence electrons. The van der Waals surface area contributed by atoms with Crippen molar-refractivity contribution in [3.63, 3.8) is 0 Å². The molecular weight excluding hydrogens is 257 g/mol. The van der Waals surface area contributed by atoms with Gasteiger partial charge in [0, 0.05) is 11.6 Å². The van der Waals surface area contributed by atoms with Crippen molar-refractivity contribution in [3.8, 4) is 0 Å². The maximum Gasteiger partial charge on any atom is 0.416 e. The van der Waals surface area contributed by atoms with Crippen LogP contribution in [0.3, 0.4) is 0 Å². The number of halogens is 4. The van der Waals surface area contributed by atoms with Gasteiger partial charge in [0.25, 0.3) is 0 Å². The number of hydrogen-bond acceptors (Lipinski definition) is 1.